The minimum absolute atomic E-state index is 0.0730. The number of aliphatic hydroxyl groups is 1. The van der Waals surface area contributed by atoms with Crippen molar-refractivity contribution in [2.45, 2.75) is 25.3 Å². The Hall–Kier alpha value is -3.79. The fourth-order valence-corrected chi connectivity index (χ4v) is 3.68. The molecule has 172 valence electrons. The topological polar surface area (TPSA) is 131 Å². The smallest absolute Gasteiger partial charge is 0.261 e. The van der Waals surface area contributed by atoms with E-state index in [9.17, 15) is 9.59 Å². The second-order valence-electron chi connectivity index (χ2n) is 7.60. The summed E-state index contributed by atoms with van der Waals surface area (Å²) >= 11 is 0. The van der Waals surface area contributed by atoms with Gasteiger partial charge in [0.25, 0.3) is 11.8 Å². The van der Waals surface area contributed by atoms with Crippen molar-refractivity contribution >= 4 is 11.8 Å². The summed E-state index contributed by atoms with van der Waals surface area (Å²) in [6, 6.07) is 10.5. The molecule has 4 rings (SSSR count). The number of carbonyl (C=O) groups excluding carboxylic acids is 2. The molecule has 3 aromatic rings. The number of pyridine rings is 1. The predicted octanol–water partition coefficient (Wildman–Crippen LogP) is 1.99. The average molecular weight is 451 g/mol. The molecule has 3 heterocycles. The number of piperidine rings is 1. The fraction of sp³-hybridized carbons (Fsp3) is 0.348. The molecule has 1 atom stereocenters. The number of benzene rings is 1. The first-order valence-electron chi connectivity index (χ1n) is 10.8. The maximum atomic E-state index is 12.9. The molecule has 2 aromatic heterocycles. The molecule has 33 heavy (non-hydrogen) atoms. The van der Waals surface area contributed by atoms with E-state index in [-0.39, 0.29) is 43.4 Å². The zero-order valence-electron chi connectivity index (χ0n) is 18.0. The molecule has 1 aromatic carbocycles. The van der Waals surface area contributed by atoms with Crippen molar-refractivity contribution in [3.05, 3.63) is 60.2 Å². The van der Waals surface area contributed by atoms with Crippen LogP contribution in [0.2, 0.25) is 0 Å². The van der Waals surface area contributed by atoms with Crippen LogP contribution in [0.15, 0.2) is 53.3 Å². The maximum absolute atomic E-state index is 12.9. The third-order valence-corrected chi connectivity index (χ3v) is 5.31. The van der Waals surface area contributed by atoms with Gasteiger partial charge in [-0.05, 0) is 37.5 Å². The highest BCUT2D eigenvalue weighted by Gasteiger charge is 2.32. The maximum Gasteiger partial charge on any atom is 0.261 e. The molecule has 0 unspecified atom stereocenters. The third kappa shape index (κ3) is 5.53. The van der Waals surface area contributed by atoms with Crippen LogP contribution in [0.1, 0.15) is 41.6 Å². The number of hydrogen-bond donors (Lipinski definition) is 2. The Balaban J connectivity index is 1.47. The average Bonchev–Trinajstić information content (AvgIpc) is 3.37. The van der Waals surface area contributed by atoms with Crippen LogP contribution in [-0.2, 0) is 4.79 Å². The summed E-state index contributed by atoms with van der Waals surface area (Å²) in [6.07, 6.45) is 5.50. The Morgan fingerprint density at radius 1 is 1.21 bits per heavy atom. The van der Waals surface area contributed by atoms with Crippen molar-refractivity contribution < 1.29 is 24.0 Å². The highest BCUT2D eigenvalue weighted by atomic mass is 16.5. The van der Waals surface area contributed by atoms with Crippen molar-refractivity contribution in [2.24, 2.45) is 0 Å². The van der Waals surface area contributed by atoms with Gasteiger partial charge in [-0.15, -0.1) is 0 Å². The molecule has 1 aliphatic rings. The molecule has 10 heteroatoms. The molecular formula is C23H25N5O5. The molecule has 0 bridgehead atoms. The molecule has 1 fully saturated rings. The van der Waals surface area contributed by atoms with Crippen molar-refractivity contribution in [3.63, 3.8) is 0 Å². The van der Waals surface area contributed by atoms with Crippen LogP contribution in [0.5, 0.6) is 5.75 Å². The minimum Gasteiger partial charge on any atom is -0.484 e. The number of amides is 2. The molecule has 1 saturated heterocycles. The van der Waals surface area contributed by atoms with E-state index < -0.39 is 0 Å². The van der Waals surface area contributed by atoms with Gasteiger partial charge in [0.15, 0.2) is 6.61 Å². The van der Waals surface area contributed by atoms with E-state index in [1.807, 2.05) is 18.2 Å². The first kappa shape index (κ1) is 22.4. The second-order valence-corrected chi connectivity index (χ2v) is 7.60. The molecule has 10 nitrogen and oxygen atoms in total. The number of rotatable bonds is 8. The third-order valence-electron chi connectivity index (χ3n) is 5.31. The van der Waals surface area contributed by atoms with E-state index in [1.54, 1.807) is 23.1 Å². The Labute approximate surface area is 190 Å². The van der Waals surface area contributed by atoms with Crippen molar-refractivity contribution in [1.29, 1.82) is 0 Å². The first-order chi connectivity index (χ1) is 16.2. The van der Waals surface area contributed by atoms with Gasteiger partial charge >= 0.3 is 0 Å². The highest BCUT2D eigenvalue weighted by molar-refractivity contribution is 5.94. The van der Waals surface area contributed by atoms with Gasteiger partial charge in [0.05, 0.1) is 12.2 Å². The standard InChI is InChI=1S/C23H25N5O5/c29-11-9-25-22(31)17-12-16(13-24-14-17)21-26-23(33-27-21)19-8-4-5-10-28(19)20(30)15-32-18-6-2-1-3-7-18/h1-3,6-7,12-14,19,29H,4-5,8-11,15H2,(H,25,31)/t19-/m1/s1. The van der Waals surface area contributed by atoms with Crippen LogP contribution in [0.4, 0.5) is 0 Å². The molecule has 2 amide bonds. The molecule has 0 saturated carbocycles. The molecule has 2 N–H and O–H groups in total. The lowest BCUT2D eigenvalue weighted by Gasteiger charge is -2.33. The monoisotopic (exact) mass is 451 g/mol. The summed E-state index contributed by atoms with van der Waals surface area (Å²) in [5.41, 5.74) is 0.836. The van der Waals surface area contributed by atoms with Gasteiger partial charge in [0.1, 0.15) is 11.8 Å². The van der Waals surface area contributed by atoms with Gasteiger partial charge in [-0.2, -0.15) is 4.98 Å². The van der Waals surface area contributed by atoms with E-state index in [1.165, 1.54) is 12.4 Å². The lowest BCUT2D eigenvalue weighted by molar-refractivity contribution is -0.138. The van der Waals surface area contributed by atoms with Crippen LogP contribution in [-0.4, -0.2) is 63.2 Å². The lowest BCUT2D eigenvalue weighted by Crippen LogP contribution is -2.41. The lowest BCUT2D eigenvalue weighted by atomic mass is 10.0. The first-order valence-corrected chi connectivity index (χ1v) is 10.8. The number of hydrogen-bond acceptors (Lipinski definition) is 8. The number of carbonyl (C=O) groups is 2. The quantitative estimate of drug-likeness (QED) is 0.532. The Morgan fingerprint density at radius 3 is 2.88 bits per heavy atom. The van der Waals surface area contributed by atoms with Crippen LogP contribution in [0, 0.1) is 0 Å². The molecule has 1 aliphatic heterocycles. The van der Waals surface area contributed by atoms with Gasteiger partial charge < -0.3 is 24.6 Å². The number of aliphatic hydroxyl groups excluding tert-OH is 1. The number of aromatic nitrogens is 3. The van der Waals surface area contributed by atoms with Crippen molar-refractivity contribution in [1.82, 2.24) is 25.3 Å². The number of nitrogens with zero attached hydrogens (tertiary/aromatic N) is 4. The Morgan fingerprint density at radius 2 is 2.06 bits per heavy atom. The van der Waals surface area contributed by atoms with Crippen LogP contribution >= 0.6 is 0 Å². The Bertz CT molecular complexity index is 1090. The van der Waals surface area contributed by atoms with Crippen molar-refractivity contribution in [3.8, 4) is 17.1 Å². The summed E-state index contributed by atoms with van der Waals surface area (Å²) in [5.74, 6) is 0.757. The van der Waals surface area contributed by atoms with Gasteiger partial charge in [-0.1, -0.05) is 23.4 Å². The number of ether oxygens (including phenoxy) is 1. The van der Waals surface area contributed by atoms with Crippen LogP contribution < -0.4 is 10.1 Å². The Kier molecular flexibility index (Phi) is 7.26. The number of para-hydroxylation sites is 1. The van der Waals surface area contributed by atoms with E-state index in [0.717, 1.165) is 12.8 Å². The molecule has 0 spiro atoms. The van der Waals surface area contributed by atoms with E-state index in [0.29, 0.717) is 35.7 Å². The zero-order valence-corrected chi connectivity index (χ0v) is 18.0. The van der Waals surface area contributed by atoms with E-state index >= 15 is 0 Å². The highest BCUT2D eigenvalue weighted by Crippen LogP contribution is 2.31. The molecule has 0 aliphatic carbocycles. The van der Waals surface area contributed by atoms with Gasteiger partial charge in [-0.3, -0.25) is 14.6 Å². The van der Waals surface area contributed by atoms with Gasteiger partial charge in [0.2, 0.25) is 11.7 Å². The van der Waals surface area contributed by atoms with E-state index in [4.69, 9.17) is 14.4 Å². The van der Waals surface area contributed by atoms with Crippen LogP contribution in [0.3, 0.4) is 0 Å². The van der Waals surface area contributed by atoms with Gasteiger partial charge in [-0.25, -0.2) is 0 Å². The summed E-state index contributed by atoms with van der Waals surface area (Å²) in [5, 5.41) is 15.5. The molecular weight excluding hydrogens is 426 g/mol. The predicted molar refractivity (Wildman–Crippen MR) is 117 cm³/mol. The normalized spacial score (nSPS) is 15.8. The van der Waals surface area contributed by atoms with Gasteiger partial charge in [0, 0.05) is 31.0 Å². The second kappa shape index (κ2) is 10.7. The largest absolute Gasteiger partial charge is 0.484 e. The van der Waals surface area contributed by atoms with Crippen molar-refractivity contribution in [2.75, 3.05) is 26.3 Å². The zero-order chi connectivity index (χ0) is 23.0. The number of likely N-dealkylation sites (tertiary alicyclic amines) is 1. The van der Waals surface area contributed by atoms with E-state index in [2.05, 4.69) is 20.4 Å². The number of nitrogens with one attached hydrogen (secondary N) is 1. The summed E-state index contributed by atoms with van der Waals surface area (Å²) < 4.78 is 11.1. The molecule has 0 radical (unpaired) electrons. The summed E-state index contributed by atoms with van der Waals surface area (Å²) in [4.78, 5) is 35.3. The minimum atomic E-state index is -0.357. The summed E-state index contributed by atoms with van der Waals surface area (Å²) in [6.45, 7) is 0.507. The SMILES string of the molecule is O=C(NCCO)c1cncc(-c2noc([C@H]3CCCCN3C(=O)COc3ccccc3)n2)c1. The summed E-state index contributed by atoms with van der Waals surface area (Å²) in [7, 11) is 0. The van der Waals surface area contributed by atoms with Crippen LogP contribution in [0.25, 0.3) is 11.4 Å². The fourth-order valence-electron chi connectivity index (χ4n) is 3.68.